The number of rotatable bonds is 7. The molecule has 0 spiro atoms. The average molecular weight is 550 g/mol. The smallest absolute Gasteiger partial charge is 0.268 e. The highest BCUT2D eigenvalue weighted by atomic mass is 79.9. The molecule has 5 rings (SSSR count). The number of carbonyl (C=O) groups excluding carboxylic acids is 1. The van der Waals surface area contributed by atoms with E-state index < -0.39 is 0 Å². The van der Waals surface area contributed by atoms with Crippen molar-refractivity contribution in [3.8, 4) is 11.3 Å². The summed E-state index contributed by atoms with van der Waals surface area (Å²) in [5.41, 5.74) is 5.02. The Balaban J connectivity index is 1.34. The Kier molecular flexibility index (Phi) is 6.57. The molecule has 2 aromatic carbocycles. The van der Waals surface area contributed by atoms with E-state index in [9.17, 15) is 4.79 Å². The highest BCUT2D eigenvalue weighted by Gasteiger charge is 2.13. The molecule has 0 aliphatic rings. The van der Waals surface area contributed by atoms with E-state index in [2.05, 4.69) is 37.7 Å². The molecule has 9 heteroatoms. The minimum absolute atomic E-state index is 0.100. The first-order valence-corrected chi connectivity index (χ1v) is 12.2. The Morgan fingerprint density at radius 3 is 2.60 bits per heavy atom. The molecular weight excluding hydrogens is 528 g/mol. The van der Waals surface area contributed by atoms with E-state index >= 15 is 0 Å². The van der Waals surface area contributed by atoms with Gasteiger partial charge in [0.1, 0.15) is 11.5 Å². The third kappa shape index (κ3) is 4.94. The fraction of sp³-hybridized carbons (Fsp3) is 0.115. The van der Waals surface area contributed by atoms with Crippen molar-refractivity contribution < 1.29 is 4.79 Å². The van der Waals surface area contributed by atoms with Crippen LogP contribution in [0, 0.1) is 0 Å². The Hall–Kier alpha value is -3.62. The first kappa shape index (κ1) is 23.1. The lowest BCUT2D eigenvalue weighted by molar-refractivity contribution is 0.0943. The molecule has 0 aliphatic carbocycles. The molecule has 1 amide bonds. The van der Waals surface area contributed by atoms with Gasteiger partial charge in [-0.1, -0.05) is 54.1 Å². The predicted molar refractivity (Wildman–Crippen MR) is 141 cm³/mol. The van der Waals surface area contributed by atoms with Gasteiger partial charge >= 0.3 is 0 Å². The summed E-state index contributed by atoms with van der Waals surface area (Å²) in [6.07, 6.45) is 3.58. The predicted octanol–water partition coefficient (Wildman–Crippen LogP) is 5.69. The lowest BCUT2D eigenvalue weighted by atomic mass is 10.1. The minimum atomic E-state index is -0.100. The van der Waals surface area contributed by atoms with Crippen LogP contribution < -0.4 is 10.6 Å². The van der Waals surface area contributed by atoms with E-state index in [-0.39, 0.29) is 5.91 Å². The number of nitrogens with zero attached hydrogens (tertiary/aromatic N) is 4. The zero-order valence-electron chi connectivity index (χ0n) is 18.9. The van der Waals surface area contributed by atoms with Crippen LogP contribution in [0.3, 0.4) is 0 Å². The van der Waals surface area contributed by atoms with Crippen LogP contribution in [0.4, 0.5) is 5.82 Å². The SMILES string of the molecule is Cn1cccc1C(=O)NCc1cccc(CNc2cc(-c3ccccc3Cl)nc3c(Br)cnn23)c1. The molecular formula is C26H22BrClN6O. The number of fused-ring (bicyclic) bond motifs is 1. The number of hydrogen-bond donors (Lipinski definition) is 2. The van der Waals surface area contributed by atoms with Crippen molar-refractivity contribution in [2.24, 2.45) is 7.05 Å². The topological polar surface area (TPSA) is 76.2 Å². The maximum Gasteiger partial charge on any atom is 0.268 e. The molecule has 0 radical (unpaired) electrons. The van der Waals surface area contributed by atoms with Crippen molar-refractivity contribution in [2.45, 2.75) is 13.1 Å². The molecule has 3 heterocycles. The molecule has 0 saturated heterocycles. The van der Waals surface area contributed by atoms with Gasteiger partial charge in [-0.05, 0) is 45.3 Å². The summed E-state index contributed by atoms with van der Waals surface area (Å²) in [7, 11) is 1.85. The third-order valence-corrected chi connectivity index (χ3v) is 6.56. The number of aromatic nitrogens is 4. The van der Waals surface area contributed by atoms with Crippen molar-refractivity contribution >= 4 is 44.9 Å². The van der Waals surface area contributed by atoms with Crippen LogP contribution in [0.2, 0.25) is 5.02 Å². The summed E-state index contributed by atoms with van der Waals surface area (Å²) >= 11 is 9.97. The Bertz CT molecular complexity index is 1530. The first-order valence-electron chi connectivity index (χ1n) is 11.0. The lowest BCUT2D eigenvalue weighted by Gasteiger charge is -2.12. The van der Waals surface area contributed by atoms with Crippen molar-refractivity contribution in [2.75, 3.05) is 5.32 Å². The third-order valence-electron chi connectivity index (χ3n) is 5.67. The number of halogens is 2. The second-order valence-electron chi connectivity index (χ2n) is 8.09. The summed E-state index contributed by atoms with van der Waals surface area (Å²) in [5, 5.41) is 11.5. The normalized spacial score (nSPS) is 11.1. The summed E-state index contributed by atoms with van der Waals surface area (Å²) in [4.78, 5) is 17.2. The van der Waals surface area contributed by atoms with Gasteiger partial charge in [0.2, 0.25) is 0 Å². The summed E-state index contributed by atoms with van der Waals surface area (Å²) < 4.78 is 4.36. The van der Waals surface area contributed by atoms with Crippen LogP contribution in [0.25, 0.3) is 16.9 Å². The largest absolute Gasteiger partial charge is 0.366 e. The number of anilines is 1. The van der Waals surface area contributed by atoms with Gasteiger partial charge in [0.05, 0.1) is 16.4 Å². The molecule has 0 fully saturated rings. The van der Waals surface area contributed by atoms with Gasteiger partial charge in [0.15, 0.2) is 5.65 Å². The second kappa shape index (κ2) is 9.93. The van der Waals surface area contributed by atoms with Gasteiger partial charge in [-0.25, -0.2) is 4.98 Å². The first-order chi connectivity index (χ1) is 17.0. The number of amides is 1. The maximum atomic E-state index is 12.4. The van der Waals surface area contributed by atoms with Gasteiger partial charge in [-0.2, -0.15) is 9.61 Å². The minimum Gasteiger partial charge on any atom is -0.366 e. The Morgan fingerprint density at radius 2 is 1.83 bits per heavy atom. The van der Waals surface area contributed by atoms with Gasteiger partial charge < -0.3 is 15.2 Å². The molecule has 0 unspecified atom stereocenters. The monoisotopic (exact) mass is 548 g/mol. The van der Waals surface area contributed by atoms with E-state index in [1.807, 2.05) is 67.8 Å². The molecule has 176 valence electrons. The maximum absolute atomic E-state index is 12.4. The van der Waals surface area contributed by atoms with Crippen LogP contribution >= 0.6 is 27.5 Å². The van der Waals surface area contributed by atoms with Crippen LogP contribution in [0.5, 0.6) is 0 Å². The quantitative estimate of drug-likeness (QED) is 0.273. The molecule has 3 aromatic heterocycles. The number of aryl methyl sites for hydroxylation is 1. The lowest BCUT2D eigenvalue weighted by Crippen LogP contribution is -2.24. The number of nitrogens with one attached hydrogen (secondary N) is 2. The molecule has 0 atom stereocenters. The average Bonchev–Trinajstić information content (AvgIpc) is 3.47. The van der Waals surface area contributed by atoms with Gasteiger partial charge in [0.25, 0.3) is 5.91 Å². The Morgan fingerprint density at radius 1 is 1.03 bits per heavy atom. The summed E-state index contributed by atoms with van der Waals surface area (Å²) in [6, 6.07) is 21.3. The van der Waals surface area contributed by atoms with Gasteiger partial charge in [0, 0.05) is 43.0 Å². The van der Waals surface area contributed by atoms with Gasteiger partial charge in [-0.15, -0.1) is 0 Å². The molecule has 0 aliphatic heterocycles. The Labute approximate surface area is 215 Å². The van der Waals surface area contributed by atoms with Gasteiger partial charge in [-0.3, -0.25) is 4.79 Å². The molecule has 7 nitrogen and oxygen atoms in total. The second-order valence-corrected chi connectivity index (χ2v) is 9.36. The van der Waals surface area contributed by atoms with E-state index in [0.29, 0.717) is 29.5 Å². The van der Waals surface area contributed by atoms with E-state index in [0.717, 1.165) is 32.7 Å². The molecule has 0 saturated carbocycles. The summed E-state index contributed by atoms with van der Waals surface area (Å²) in [6.45, 7) is 1.01. The number of hydrogen-bond acceptors (Lipinski definition) is 4. The van der Waals surface area contributed by atoms with Crippen LogP contribution in [-0.2, 0) is 20.1 Å². The van der Waals surface area contributed by atoms with Crippen LogP contribution in [0.1, 0.15) is 21.6 Å². The van der Waals surface area contributed by atoms with Crippen molar-refractivity contribution in [1.82, 2.24) is 24.5 Å². The standard InChI is InChI=1S/C26H22BrClN6O/c1-33-11-5-10-23(33)26(35)30-15-18-7-4-6-17(12-18)14-29-24-13-22(19-8-2-3-9-21(19)28)32-25-20(27)16-31-34(24)25/h2-13,16,29H,14-15H2,1H3,(H,30,35). The van der Waals surface area contributed by atoms with Crippen molar-refractivity contribution in [3.63, 3.8) is 0 Å². The van der Waals surface area contributed by atoms with E-state index in [4.69, 9.17) is 16.6 Å². The van der Waals surface area contributed by atoms with Crippen LogP contribution in [-0.4, -0.2) is 25.1 Å². The molecule has 0 bridgehead atoms. The van der Waals surface area contributed by atoms with Crippen molar-refractivity contribution in [1.29, 1.82) is 0 Å². The summed E-state index contributed by atoms with van der Waals surface area (Å²) in [5.74, 6) is 0.689. The van der Waals surface area contributed by atoms with E-state index in [1.165, 1.54) is 0 Å². The van der Waals surface area contributed by atoms with Crippen LogP contribution in [0.15, 0.2) is 83.6 Å². The molecule has 2 N–H and O–H groups in total. The fourth-order valence-electron chi connectivity index (χ4n) is 3.88. The zero-order chi connectivity index (χ0) is 24.4. The van der Waals surface area contributed by atoms with Crippen molar-refractivity contribution in [3.05, 3.63) is 105 Å². The molecule has 5 aromatic rings. The fourth-order valence-corrected chi connectivity index (χ4v) is 4.46. The highest BCUT2D eigenvalue weighted by molar-refractivity contribution is 9.10. The highest BCUT2D eigenvalue weighted by Crippen LogP contribution is 2.30. The zero-order valence-corrected chi connectivity index (χ0v) is 21.2. The number of benzene rings is 2. The number of carbonyl (C=O) groups is 1. The van der Waals surface area contributed by atoms with E-state index in [1.54, 1.807) is 21.3 Å². The molecule has 35 heavy (non-hydrogen) atoms.